The molecule has 7 rings (SSSR count). The Morgan fingerprint density at radius 2 is 1.83 bits per heavy atom. The summed E-state index contributed by atoms with van der Waals surface area (Å²) in [5, 5.41) is 39.0. The van der Waals surface area contributed by atoms with Gasteiger partial charge in [-0.1, -0.05) is 53.6 Å². The first-order valence-corrected chi connectivity index (χ1v) is 21.5. The van der Waals surface area contributed by atoms with Crippen LogP contribution in [-0.4, -0.2) is 92.9 Å². The molecule has 6 N–H and O–H groups in total. The van der Waals surface area contributed by atoms with Gasteiger partial charge in [0.05, 0.1) is 29.0 Å². The van der Waals surface area contributed by atoms with Crippen LogP contribution in [0.3, 0.4) is 0 Å². The Balaban J connectivity index is 1.01. The molecule has 2 aromatic rings. The first-order chi connectivity index (χ1) is 27.6. The number of carboxylic acids is 1. The molecule has 0 spiro atoms. The molecule has 3 saturated carbocycles. The van der Waals surface area contributed by atoms with Crippen molar-refractivity contribution in [1.29, 1.82) is 0 Å². The van der Waals surface area contributed by atoms with Gasteiger partial charge in [0.1, 0.15) is 12.6 Å². The van der Waals surface area contributed by atoms with Crippen LogP contribution < -0.4 is 16.0 Å². The number of ether oxygens (including phenoxy) is 2. The van der Waals surface area contributed by atoms with Crippen molar-refractivity contribution in [3.63, 3.8) is 0 Å². The minimum atomic E-state index is -1.44. The van der Waals surface area contributed by atoms with Crippen LogP contribution in [0.5, 0.6) is 0 Å². The van der Waals surface area contributed by atoms with Crippen LogP contribution in [0.2, 0.25) is 0 Å². The van der Waals surface area contributed by atoms with E-state index in [2.05, 4.69) is 38.8 Å². The van der Waals surface area contributed by atoms with Gasteiger partial charge in [-0.05, 0) is 85.9 Å². The van der Waals surface area contributed by atoms with Crippen molar-refractivity contribution in [1.82, 2.24) is 10.6 Å². The summed E-state index contributed by atoms with van der Waals surface area (Å²) < 4.78 is 13.4. The molecular weight excluding hydrogens is 834 g/mol. The molecule has 0 unspecified atom stereocenters. The molecule has 1 aliphatic heterocycles. The highest BCUT2D eigenvalue weighted by atomic mass is 79.9. The number of nitrogens with one attached hydrogen (secondary N) is 3. The minimum absolute atomic E-state index is 0.00223. The van der Waals surface area contributed by atoms with Gasteiger partial charge >= 0.3 is 5.97 Å². The molecule has 310 valence electrons. The van der Waals surface area contributed by atoms with E-state index < -0.39 is 77.1 Å². The molecule has 2 heterocycles. The van der Waals surface area contributed by atoms with E-state index in [1.165, 1.54) is 11.3 Å². The average molecular weight is 883 g/mol. The van der Waals surface area contributed by atoms with Crippen molar-refractivity contribution in [3.8, 4) is 0 Å². The van der Waals surface area contributed by atoms with E-state index in [0.29, 0.717) is 24.9 Å². The van der Waals surface area contributed by atoms with E-state index in [9.17, 15) is 39.0 Å². The van der Waals surface area contributed by atoms with E-state index in [1.807, 2.05) is 37.3 Å². The van der Waals surface area contributed by atoms with Gasteiger partial charge in [-0.2, -0.15) is 0 Å². The molecule has 4 fully saturated rings. The second-order valence-electron chi connectivity index (χ2n) is 16.5. The average Bonchev–Trinajstić information content (AvgIpc) is 3.88. The van der Waals surface area contributed by atoms with Crippen LogP contribution in [0.1, 0.15) is 74.0 Å². The number of Topliss-reactive ketones (excluding diaryl/α,β-unsaturated/α-hetero) is 1. The number of amides is 3. The lowest BCUT2D eigenvalue weighted by atomic mass is 9.46. The zero-order valence-electron chi connectivity index (χ0n) is 32.2. The van der Waals surface area contributed by atoms with E-state index >= 15 is 0 Å². The molecule has 0 bridgehead atoms. The number of aliphatic hydroxyl groups is 2. The topological polar surface area (TPSA) is 218 Å². The smallest absolute Gasteiger partial charge is 0.303 e. The molecule has 3 amide bonds. The highest BCUT2D eigenvalue weighted by Gasteiger charge is 2.76. The molecule has 5 aliphatic rings. The Hall–Kier alpha value is -4.06. The number of carbonyl (C=O) groups is 6. The van der Waals surface area contributed by atoms with Crippen LogP contribution in [-0.2, 0) is 44.7 Å². The molecule has 16 heteroatoms. The summed E-state index contributed by atoms with van der Waals surface area (Å²) in [5.41, 5.74) is -0.293. The Labute approximate surface area is 347 Å². The number of allylic oxidation sites excluding steroid dienone is 4. The first-order valence-electron chi connectivity index (χ1n) is 19.5. The fourth-order valence-electron chi connectivity index (χ4n) is 10.6. The maximum absolute atomic E-state index is 13.9. The number of carbonyl (C=O) groups excluding carboxylic acids is 5. The number of benzene rings is 1. The second kappa shape index (κ2) is 16.5. The number of hydrogen-bond acceptors (Lipinski definition) is 11. The normalized spacial score (nSPS) is 32.5. The van der Waals surface area contributed by atoms with Crippen molar-refractivity contribution >= 4 is 68.2 Å². The van der Waals surface area contributed by atoms with Crippen LogP contribution >= 0.6 is 27.3 Å². The fourth-order valence-corrected chi connectivity index (χ4v) is 11.8. The van der Waals surface area contributed by atoms with Crippen LogP contribution in [0, 0.1) is 28.6 Å². The van der Waals surface area contributed by atoms with Gasteiger partial charge in [0, 0.05) is 40.2 Å². The Morgan fingerprint density at radius 1 is 1.07 bits per heavy atom. The standard InChI is InChI=1S/C42H48BrN3O11S/c1-40-14-13-25(48)16-23(40)5-9-27-28-17-33-42(32(50)21-47,41(28,2)18-30(49)37(27)40)57-39(56-33)31-11-8-26(58-31)15-22-3-6-24(7-4-22)45-38(55)29(10-12-36(53)54)46-35(52)20-44-34(51)19-43/h3-4,6-8,11,13-14,16,27-30,33,37,39,47,49H,5,9-10,12,15,17-21H2,1-2H3,(H,44,51)(H,45,55)(H,46,52)(H,53,54)/t27-,28-,29-,30-,33+,37+,39+,40-,41-,42+/m0/s1. The number of alkyl halides is 1. The molecule has 10 atom stereocenters. The Kier molecular flexibility index (Phi) is 12.0. The van der Waals surface area contributed by atoms with Crippen molar-refractivity contribution in [3.05, 3.63) is 75.5 Å². The summed E-state index contributed by atoms with van der Waals surface area (Å²) in [4.78, 5) is 76.0. The molecular formula is C42H48BrN3O11S. The predicted octanol–water partition coefficient (Wildman–Crippen LogP) is 3.74. The number of halogens is 1. The lowest BCUT2D eigenvalue weighted by Gasteiger charge is -2.59. The highest BCUT2D eigenvalue weighted by Crippen LogP contribution is 2.70. The van der Waals surface area contributed by atoms with Crippen molar-refractivity contribution in [2.24, 2.45) is 28.6 Å². The molecule has 1 saturated heterocycles. The largest absolute Gasteiger partial charge is 0.481 e. The van der Waals surface area contributed by atoms with Gasteiger partial charge in [0.25, 0.3) is 0 Å². The van der Waals surface area contributed by atoms with Crippen LogP contribution in [0.25, 0.3) is 0 Å². The number of thiophene rings is 1. The second-order valence-corrected chi connectivity index (χ2v) is 18.2. The van der Waals surface area contributed by atoms with Crippen LogP contribution in [0.4, 0.5) is 5.69 Å². The third kappa shape index (κ3) is 7.63. The summed E-state index contributed by atoms with van der Waals surface area (Å²) in [6, 6.07) is 9.82. The molecule has 14 nitrogen and oxygen atoms in total. The number of ketones is 2. The zero-order chi connectivity index (χ0) is 41.6. The third-order valence-corrected chi connectivity index (χ3v) is 14.8. The molecule has 1 aromatic heterocycles. The van der Waals surface area contributed by atoms with E-state index in [4.69, 9.17) is 14.6 Å². The summed E-state index contributed by atoms with van der Waals surface area (Å²) in [7, 11) is 0. The zero-order valence-corrected chi connectivity index (χ0v) is 34.6. The summed E-state index contributed by atoms with van der Waals surface area (Å²) in [5.74, 6) is -3.33. The quantitative estimate of drug-likeness (QED) is 0.150. The van der Waals surface area contributed by atoms with Crippen LogP contribution in [0.15, 0.2) is 60.2 Å². The predicted molar refractivity (Wildman–Crippen MR) is 215 cm³/mol. The van der Waals surface area contributed by atoms with E-state index in [1.54, 1.807) is 24.3 Å². The number of rotatable bonds is 14. The molecule has 58 heavy (non-hydrogen) atoms. The molecule has 0 radical (unpaired) electrons. The number of carboxylic acid groups (broad SMARTS) is 1. The number of fused-ring (bicyclic) bond motifs is 7. The van der Waals surface area contributed by atoms with Gasteiger partial charge in [-0.3, -0.25) is 28.8 Å². The monoisotopic (exact) mass is 881 g/mol. The highest BCUT2D eigenvalue weighted by molar-refractivity contribution is 9.09. The molecule has 1 aromatic carbocycles. The van der Waals surface area contributed by atoms with Gasteiger partial charge < -0.3 is 40.7 Å². The van der Waals surface area contributed by atoms with Gasteiger partial charge in [0.2, 0.25) is 17.7 Å². The fraction of sp³-hybridized carbons (Fsp3) is 0.524. The van der Waals surface area contributed by atoms with Gasteiger partial charge in [-0.15, -0.1) is 11.3 Å². The van der Waals surface area contributed by atoms with E-state index in [-0.39, 0.29) is 48.3 Å². The Bertz CT molecular complexity index is 2050. The number of hydrogen-bond donors (Lipinski definition) is 6. The lowest BCUT2D eigenvalue weighted by molar-refractivity contribution is -0.200. The third-order valence-electron chi connectivity index (χ3n) is 13.2. The summed E-state index contributed by atoms with van der Waals surface area (Å²) >= 11 is 4.47. The maximum Gasteiger partial charge on any atom is 0.303 e. The van der Waals surface area contributed by atoms with Gasteiger partial charge in [-0.25, -0.2) is 0 Å². The first kappa shape index (κ1) is 42.1. The minimum Gasteiger partial charge on any atom is -0.481 e. The molecule has 4 aliphatic carbocycles. The summed E-state index contributed by atoms with van der Waals surface area (Å²) in [6.45, 7) is 3.03. The summed E-state index contributed by atoms with van der Waals surface area (Å²) in [6.07, 6.45) is 5.43. The van der Waals surface area contributed by atoms with Crippen molar-refractivity contribution < 1.29 is 53.6 Å². The van der Waals surface area contributed by atoms with Crippen molar-refractivity contribution in [2.75, 3.05) is 23.8 Å². The number of aliphatic hydroxyl groups excluding tert-OH is 2. The lowest BCUT2D eigenvalue weighted by Crippen LogP contribution is -2.63. The van der Waals surface area contributed by atoms with Gasteiger partial charge in [0.15, 0.2) is 23.5 Å². The SMILES string of the molecule is C[C@]12C=CC(=O)C=C1CC[C@@H]1[C@@H]2[C@@H](O)C[C@@]2(C)[C@H]1C[C@H]1O[C@@H](c3ccc(Cc4ccc(NC(=O)[C@H](CCC(=O)O)NC(=O)CNC(=O)CBr)cc4)s3)O[C@]12C(=O)CO. The number of anilines is 1. The van der Waals surface area contributed by atoms with E-state index in [0.717, 1.165) is 33.7 Å². The number of aliphatic carboxylic acids is 1. The maximum atomic E-state index is 13.9. The Morgan fingerprint density at radius 3 is 2.53 bits per heavy atom. The van der Waals surface area contributed by atoms with Crippen molar-refractivity contribution in [2.45, 2.75) is 88.9 Å².